The smallest absolute Gasteiger partial charge is 0.311 e. The predicted molar refractivity (Wildman–Crippen MR) is 58.5 cm³/mol. The number of rotatable bonds is 3. The number of carbonyl (C=O) groups excluding carboxylic acids is 2. The van der Waals surface area contributed by atoms with Crippen molar-refractivity contribution < 1.29 is 14.7 Å². The summed E-state index contributed by atoms with van der Waals surface area (Å²) in [5.74, 6) is -0.825. The Kier molecular flexibility index (Phi) is 5.21. The van der Waals surface area contributed by atoms with Gasteiger partial charge in [0.15, 0.2) is 0 Å². The zero-order valence-electron chi connectivity index (χ0n) is 9.32. The Morgan fingerprint density at radius 2 is 2.00 bits per heavy atom. The molecule has 0 spiro atoms. The van der Waals surface area contributed by atoms with Crippen LogP contribution in [0, 0.1) is 5.92 Å². The summed E-state index contributed by atoms with van der Waals surface area (Å²) in [5, 5.41) is 11.4. The monoisotopic (exact) mass is 229 g/mol. The first-order chi connectivity index (χ1) is 7.69. The molecule has 1 heterocycles. The van der Waals surface area contributed by atoms with Crippen LogP contribution in [0.15, 0.2) is 0 Å². The molecule has 0 unspecified atom stereocenters. The minimum Gasteiger partial charge on any atom is -0.396 e. The highest BCUT2D eigenvalue weighted by molar-refractivity contribution is 6.35. The van der Waals surface area contributed by atoms with Crippen LogP contribution in [-0.4, -0.2) is 54.6 Å². The minimum atomic E-state index is -0.590. The van der Waals surface area contributed by atoms with Crippen molar-refractivity contribution >= 4 is 11.8 Å². The Morgan fingerprint density at radius 1 is 1.38 bits per heavy atom. The molecule has 16 heavy (non-hydrogen) atoms. The van der Waals surface area contributed by atoms with Crippen molar-refractivity contribution in [2.24, 2.45) is 11.7 Å². The second-order valence-electron chi connectivity index (χ2n) is 3.96. The second kappa shape index (κ2) is 6.44. The highest BCUT2D eigenvalue weighted by Crippen LogP contribution is 2.16. The molecule has 0 aliphatic carbocycles. The average Bonchev–Trinajstić information content (AvgIpc) is 2.35. The molecule has 92 valence electrons. The molecule has 4 N–H and O–H groups in total. The lowest BCUT2D eigenvalue weighted by molar-refractivity contribution is -0.146. The van der Waals surface area contributed by atoms with Gasteiger partial charge >= 0.3 is 11.8 Å². The zero-order chi connectivity index (χ0) is 12.0. The number of nitrogens with zero attached hydrogens (tertiary/aromatic N) is 1. The standard InChI is InChI=1S/C10H19N3O3/c11-3-4-12-9(15)10(16)13-5-1-8(7-14)2-6-13/h8,14H,1-7,11H2,(H,12,15). The molecule has 0 bridgehead atoms. The van der Waals surface area contributed by atoms with Crippen LogP contribution in [0.25, 0.3) is 0 Å². The average molecular weight is 229 g/mol. The van der Waals surface area contributed by atoms with Gasteiger partial charge in [-0.3, -0.25) is 9.59 Å². The van der Waals surface area contributed by atoms with Gasteiger partial charge in [-0.15, -0.1) is 0 Å². The van der Waals surface area contributed by atoms with Gasteiger partial charge in [-0.25, -0.2) is 0 Å². The van der Waals surface area contributed by atoms with E-state index in [0.717, 1.165) is 12.8 Å². The summed E-state index contributed by atoms with van der Waals surface area (Å²) in [6.45, 7) is 1.88. The van der Waals surface area contributed by atoms with Crippen molar-refractivity contribution in [1.29, 1.82) is 0 Å². The van der Waals surface area contributed by atoms with E-state index < -0.39 is 11.8 Å². The number of aliphatic hydroxyl groups is 1. The van der Waals surface area contributed by atoms with E-state index >= 15 is 0 Å². The number of hydrogen-bond acceptors (Lipinski definition) is 4. The topological polar surface area (TPSA) is 95.7 Å². The number of piperidine rings is 1. The van der Waals surface area contributed by atoms with Gasteiger partial charge in [0.2, 0.25) is 0 Å². The molecule has 1 saturated heterocycles. The lowest BCUT2D eigenvalue weighted by Crippen LogP contribution is -2.47. The van der Waals surface area contributed by atoms with E-state index in [-0.39, 0.29) is 12.5 Å². The van der Waals surface area contributed by atoms with Crippen molar-refractivity contribution in [3.05, 3.63) is 0 Å². The van der Waals surface area contributed by atoms with Crippen LogP contribution in [0.3, 0.4) is 0 Å². The molecule has 0 radical (unpaired) electrons. The quantitative estimate of drug-likeness (QED) is 0.502. The van der Waals surface area contributed by atoms with Crippen LogP contribution in [0.1, 0.15) is 12.8 Å². The maximum atomic E-state index is 11.6. The normalized spacial score (nSPS) is 17.2. The van der Waals surface area contributed by atoms with Crippen LogP contribution >= 0.6 is 0 Å². The summed E-state index contributed by atoms with van der Waals surface area (Å²) in [7, 11) is 0. The first kappa shape index (κ1) is 12.9. The molecule has 1 aliphatic heterocycles. The molecule has 1 aliphatic rings. The Bertz CT molecular complexity index is 250. The van der Waals surface area contributed by atoms with E-state index in [1.807, 2.05) is 0 Å². The first-order valence-corrected chi connectivity index (χ1v) is 5.57. The van der Waals surface area contributed by atoms with Gasteiger partial charge < -0.3 is 21.1 Å². The number of nitrogens with two attached hydrogens (primary N) is 1. The highest BCUT2D eigenvalue weighted by atomic mass is 16.3. The third-order valence-electron chi connectivity index (χ3n) is 2.78. The molecule has 1 fully saturated rings. The molecular formula is C10H19N3O3. The first-order valence-electron chi connectivity index (χ1n) is 5.57. The lowest BCUT2D eigenvalue weighted by Gasteiger charge is -2.30. The van der Waals surface area contributed by atoms with Crippen LogP contribution in [0.4, 0.5) is 0 Å². The fourth-order valence-corrected chi connectivity index (χ4v) is 1.72. The molecule has 2 amide bonds. The molecule has 0 aromatic rings. The number of carbonyl (C=O) groups is 2. The van der Waals surface area contributed by atoms with Crippen LogP contribution in [0.5, 0.6) is 0 Å². The largest absolute Gasteiger partial charge is 0.396 e. The van der Waals surface area contributed by atoms with Gasteiger partial charge in [-0.1, -0.05) is 0 Å². The number of amides is 2. The van der Waals surface area contributed by atoms with Gasteiger partial charge in [0.25, 0.3) is 0 Å². The SMILES string of the molecule is NCCNC(=O)C(=O)N1CCC(CO)CC1. The molecule has 0 saturated carbocycles. The Hall–Kier alpha value is -1.14. The second-order valence-corrected chi connectivity index (χ2v) is 3.96. The number of nitrogens with one attached hydrogen (secondary N) is 1. The van der Waals surface area contributed by atoms with Crippen molar-refractivity contribution in [2.75, 3.05) is 32.8 Å². The van der Waals surface area contributed by atoms with E-state index in [4.69, 9.17) is 10.8 Å². The summed E-state index contributed by atoms with van der Waals surface area (Å²) < 4.78 is 0. The van der Waals surface area contributed by atoms with Crippen LogP contribution in [0.2, 0.25) is 0 Å². The Labute approximate surface area is 94.8 Å². The van der Waals surface area contributed by atoms with E-state index in [1.165, 1.54) is 4.90 Å². The fraction of sp³-hybridized carbons (Fsp3) is 0.800. The van der Waals surface area contributed by atoms with E-state index in [1.54, 1.807) is 0 Å². The Morgan fingerprint density at radius 3 is 2.50 bits per heavy atom. The van der Waals surface area contributed by atoms with Crippen molar-refractivity contribution in [1.82, 2.24) is 10.2 Å². The summed E-state index contributed by atoms with van der Waals surface area (Å²) in [5.41, 5.74) is 5.22. The van der Waals surface area contributed by atoms with Gasteiger partial charge in [-0.2, -0.15) is 0 Å². The zero-order valence-corrected chi connectivity index (χ0v) is 9.32. The molecule has 6 nitrogen and oxygen atoms in total. The lowest BCUT2D eigenvalue weighted by atomic mass is 9.98. The number of likely N-dealkylation sites (tertiary alicyclic amines) is 1. The van der Waals surface area contributed by atoms with E-state index in [0.29, 0.717) is 26.2 Å². The van der Waals surface area contributed by atoms with Crippen molar-refractivity contribution in [2.45, 2.75) is 12.8 Å². The summed E-state index contributed by atoms with van der Waals surface area (Å²) in [4.78, 5) is 24.5. The molecule has 1 rings (SSSR count). The van der Waals surface area contributed by atoms with Gasteiger partial charge in [0.1, 0.15) is 0 Å². The van der Waals surface area contributed by atoms with Gasteiger partial charge in [0.05, 0.1) is 0 Å². The van der Waals surface area contributed by atoms with Crippen molar-refractivity contribution in [3.63, 3.8) is 0 Å². The summed E-state index contributed by atoms with van der Waals surface area (Å²) >= 11 is 0. The minimum absolute atomic E-state index is 0.154. The van der Waals surface area contributed by atoms with Crippen LogP contribution < -0.4 is 11.1 Å². The molecule has 6 heteroatoms. The van der Waals surface area contributed by atoms with Gasteiger partial charge in [-0.05, 0) is 18.8 Å². The van der Waals surface area contributed by atoms with Gasteiger partial charge in [0, 0.05) is 32.8 Å². The number of hydrogen-bond donors (Lipinski definition) is 3. The Balaban J connectivity index is 2.35. The van der Waals surface area contributed by atoms with E-state index in [9.17, 15) is 9.59 Å². The maximum absolute atomic E-state index is 11.6. The van der Waals surface area contributed by atoms with E-state index in [2.05, 4.69) is 5.32 Å². The third-order valence-corrected chi connectivity index (χ3v) is 2.78. The third kappa shape index (κ3) is 3.46. The molecule has 0 atom stereocenters. The highest BCUT2D eigenvalue weighted by Gasteiger charge is 2.26. The number of aliphatic hydroxyl groups excluding tert-OH is 1. The predicted octanol–water partition coefficient (Wildman–Crippen LogP) is -1.71. The maximum Gasteiger partial charge on any atom is 0.311 e. The molecular weight excluding hydrogens is 210 g/mol. The molecule has 0 aromatic heterocycles. The summed E-state index contributed by atoms with van der Waals surface area (Å²) in [6.07, 6.45) is 1.51. The molecule has 0 aromatic carbocycles. The van der Waals surface area contributed by atoms with Crippen molar-refractivity contribution in [3.8, 4) is 0 Å². The summed E-state index contributed by atoms with van der Waals surface area (Å²) in [6, 6.07) is 0. The fourth-order valence-electron chi connectivity index (χ4n) is 1.72. The van der Waals surface area contributed by atoms with Crippen LogP contribution in [-0.2, 0) is 9.59 Å².